The molecule has 2 aromatic carbocycles. The summed E-state index contributed by atoms with van der Waals surface area (Å²) in [4.78, 5) is 16.3. The molecule has 26 heavy (non-hydrogen) atoms. The maximum absolute atomic E-state index is 11.4. The van der Waals surface area contributed by atoms with E-state index in [1.54, 1.807) is 0 Å². The summed E-state index contributed by atoms with van der Waals surface area (Å²) >= 11 is 0. The van der Waals surface area contributed by atoms with E-state index in [1.807, 2.05) is 13.0 Å². The molecular weight excluding hydrogens is 322 g/mol. The number of aryl methyl sites for hydroxylation is 3. The van der Waals surface area contributed by atoms with Crippen molar-refractivity contribution in [3.8, 4) is 0 Å². The van der Waals surface area contributed by atoms with Crippen LogP contribution in [0.4, 0.5) is 0 Å². The minimum absolute atomic E-state index is 0.105. The van der Waals surface area contributed by atoms with Crippen LogP contribution in [0.1, 0.15) is 42.3 Å². The van der Waals surface area contributed by atoms with Crippen LogP contribution in [0.3, 0.4) is 0 Å². The highest BCUT2D eigenvalue weighted by Gasteiger charge is 2.12. The van der Waals surface area contributed by atoms with Gasteiger partial charge in [-0.3, -0.25) is 4.79 Å². The van der Waals surface area contributed by atoms with Crippen molar-refractivity contribution in [2.24, 2.45) is 0 Å². The molecule has 0 radical (unpaired) electrons. The molecule has 1 heterocycles. The van der Waals surface area contributed by atoms with Crippen LogP contribution in [0.15, 0.2) is 42.5 Å². The lowest BCUT2D eigenvalue weighted by Gasteiger charge is -2.12. The largest absolute Gasteiger partial charge is 0.356 e. The Labute approximate surface area is 155 Å². The summed E-state index contributed by atoms with van der Waals surface area (Å²) in [5.41, 5.74) is 6.11. The number of hydrogen-bond acceptors (Lipinski definition) is 2. The highest BCUT2D eigenvalue weighted by Crippen LogP contribution is 2.21. The molecule has 0 unspecified atom stereocenters. The van der Waals surface area contributed by atoms with Gasteiger partial charge in [-0.1, -0.05) is 42.8 Å². The van der Waals surface area contributed by atoms with Crippen molar-refractivity contribution in [3.05, 3.63) is 65.0 Å². The van der Waals surface area contributed by atoms with Crippen LogP contribution in [-0.4, -0.2) is 22.0 Å². The predicted octanol–water partition coefficient (Wildman–Crippen LogP) is 4.16. The minimum Gasteiger partial charge on any atom is -0.356 e. The van der Waals surface area contributed by atoms with Crippen molar-refractivity contribution in [3.63, 3.8) is 0 Å². The van der Waals surface area contributed by atoms with Gasteiger partial charge in [0.2, 0.25) is 5.91 Å². The number of hydrogen-bond donors (Lipinski definition) is 1. The third-order valence-corrected chi connectivity index (χ3v) is 4.79. The van der Waals surface area contributed by atoms with Crippen molar-refractivity contribution in [2.75, 3.05) is 6.54 Å². The topological polar surface area (TPSA) is 46.9 Å². The monoisotopic (exact) mass is 349 g/mol. The van der Waals surface area contributed by atoms with Crippen LogP contribution in [0.5, 0.6) is 0 Å². The van der Waals surface area contributed by atoms with Gasteiger partial charge in [0.05, 0.1) is 11.0 Å². The van der Waals surface area contributed by atoms with Crippen molar-refractivity contribution in [1.82, 2.24) is 14.9 Å². The molecule has 1 aromatic heterocycles. The standard InChI is InChI=1S/C22H27N3O/c1-4-22(26)23-13-7-10-21-24-19-8-5-6-9-20(19)25(21)15-18-14-16(2)11-12-17(18)3/h5-6,8-9,11-12,14H,4,7,10,13,15H2,1-3H3,(H,23,26). The number of benzene rings is 2. The predicted molar refractivity (Wildman–Crippen MR) is 106 cm³/mol. The van der Waals surface area contributed by atoms with Gasteiger partial charge in [0.15, 0.2) is 0 Å². The summed E-state index contributed by atoms with van der Waals surface area (Å²) in [5.74, 6) is 1.19. The molecule has 3 aromatic rings. The average molecular weight is 349 g/mol. The van der Waals surface area contributed by atoms with Gasteiger partial charge in [0.1, 0.15) is 5.82 Å². The van der Waals surface area contributed by atoms with E-state index >= 15 is 0 Å². The second kappa shape index (κ2) is 8.17. The van der Waals surface area contributed by atoms with E-state index in [1.165, 1.54) is 22.2 Å². The van der Waals surface area contributed by atoms with Gasteiger partial charge in [-0.15, -0.1) is 0 Å². The number of rotatable bonds is 7. The number of para-hydroxylation sites is 2. The minimum atomic E-state index is 0.105. The first kappa shape index (κ1) is 18.2. The zero-order chi connectivity index (χ0) is 18.5. The van der Waals surface area contributed by atoms with E-state index in [2.05, 4.69) is 60.1 Å². The molecule has 4 heteroatoms. The second-order valence-corrected chi connectivity index (χ2v) is 6.84. The number of imidazole rings is 1. The number of aromatic nitrogens is 2. The van der Waals surface area contributed by atoms with Gasteiger partial charge in [-0.2, -0.15) is 0 Å². The number of amides is 1. The smallest absolute Gasteiger partial charge is 0.219 e. The first-order chi connectivity index (χ1) is 12.6. The van der Waals surface area contributed by atoms with Gasteiger partial charge in [-0.25, -0.2) is 4.98 Å². The van der Waals surface area contributed by atoms with E-state index in [4.69, 9.17) is 4.98 Å². The molecule has 0 fully saturated rings. The average Bonchev–Trinajstić information content (AvgIpc) is 2.99. The molecule has 0 saturated carbocycles. The van der Waals surface area contributed by atoms with Crippen molar-refractivity contribution in [2.45, 2.75) is 46.6 Å². The highest BCUT2D eigenvalue weighted by molar-refractivity contribution is 5.76. The van der Waals surface area contributed by atoms with E-state index in [0.717, 1.165) is 30.7 Å². The number of nitrogens with zero attached hydrogens (tertiary/aromatic N) is 2. The fraction of sp³-hybridized carbons (Fsp3) is 0.364. The Hall–Kier alpha value is -2.62. The van der Waals surface area contributed by atoms with Gasteiger partial charge < -0.3 is 9.88 Å². The van der Waals surface area contributed by atoms with E-state index in [0.29, 0.717) is 13.0 Å². The van der Waals surface area contributed by atoms with Crippen LogP contribution in [0, 0.1) is 13.8 Å². The molecule has 0 aliphatic heterocycles. The molecule has 0 spiro atoms. The Kier molecular flexibility index (Phi) is 5.71. The lowest BCUT2D eigenvalue weighted by molar-refractivity contribution is -0.120. The second-order valence-electron chi connectivity index (χ2n) is 6.84. The Bertz CT molecular complexity index is 911. The highest BCUT2D eigenvalue weighted by atomic mass is 16.1. The Morgan fingerprint density at radius 3 is 2.77 bits per heavy atom. The molecule has 0 saturated heterocycles. The van der Waals surface area contributed by atoms with Crippen molar-refractivity contribution < 1.29 is 4.79 Å². The van der Waals surface area contributed by atoms with Crippen molar-refractivity contribution >= 4 is 16.9 Å². The zero-order valence-corrected chi connectivity index (χ0v) is 15.9. The van der Waals surface area contributed by atoms with Gasteiger partial charge in [-0.05, 0) is 43.5 Å². The van der Waals surface area contributed by atoms with Crippen molar-refractivity contribution in [1.29, 1.82) is 0 Å². The Morgan fingerprint density at radius 2 is 1.96 bits per heavy atom. The first-order valence-electron chi connectivity index (χ1n) is 9.35. The van der Waals surface area contributed by atoms with Crippen LogP contribution in [0.25, 0.3) is 11.0 Å². The number of carbonyl (C=O) groups excluding carboxylic acids is 1. The van der Waals surface area contributed by atoms with Gasteiger partial charge in [0, 0.05) is 25.9 Å². The fourth-order valence-corrected chi connectivity index (χ4v) is 3.23. The van der Waals surface area contributed by atoms with E-state index < -0.39 is 0 Å². The lowest BCUT2D eigenvalue weighted by atomic mass is 10.1. The van der Waals surface area contributed by atoms with Crippen LogP contribution < -0.4 is 5.32 Å². The summed E-state index contributed by atoms with van der Waals surface area (Å²) in [6, 6.07) is 14.9. The maximum Gasteiger partial charge on any atom is 0.219 e. The van der Waals surface area contributed by atoms with Crippen LogP contribution in [-0.2, 0) is 17.8 Å². The molecule has 1 N–H and O–H groups in total. The van der Waals surface area contributed by atoms with Gasteiger partial charge in [0.25, 0.3) is 0 Å². The Morgan fingerprint density at radius 1 is 1.15 bits per heavy atom. The molecule has 4 nitrogen and oxygen atoms in total. The summed E-state index contributed by atoms with van der Waals surface area (Å²) in [6.07, 6.45) is 2.27. The molecule has 3 rings (SSSR count). The Balaban J connectivity index is 1.85. The van der Waals surface area contributed by atoms with Gasteiger partial charge >= 0.3 is 0 Å². The van der Waals surface area contributed by atoms with Crippen LogP contribution >= 0.6 is 0 Å². The molecule has 136 valence electrons. The molecule has 0 aliphatic carbocycles. The molecule has 0 atom stereocenters. The lowest BCUT2D eigenvalue weighted by Crippen LogP contribution is -2.23. The third kappa shape index (κ3) is 4.13. The van der Waals surface area contributed by atoms with E-state index in [9.17, 15) is 4.79 Å². The number of carbonyl (C=O) groups is 1. The number of nitrogens with one attached hydrogen (secondary N) is 1. The van der Waals surface area contributed by atoms with E-state index in [-0.39, 0.29) is 5.91 Å². The van der Waals surface area contributed by atoms with Crippen LogP contribution in [0.2, 0.25) is 0 Å². The normalized spacial score (nSPS) is 11.0. The molecule has 1 amide bonds. The molecule has 0 aliphatic rings. The zero-order valence-electron chi connectivity index (χ0n) is 15.9. The third-order valence-electron chi connectivity index (χ3n) is 4.79. The fourth-order valence-electron chi connectivity index (χ4n) is 3.23. The maximum atomic E-state index is 11.4. The summed E-state index contributed by atoms with van der Waals surface area (Å²) in [7, 11) is 0. The SMILES string of the molecule is CCC(=O)NCCCc1nc2ccccc2n1Cc1cc(C)ccc1C. The summed E-state index contributed by atoms with van der Waals surface area (Å²) < 4.78 is 2.32. The quantitative estimate of drug-likeness (QED) is 0.651. The first-order valence-corrected chi connectivity index (χ1v) is 9.35. The molecular formula is C22H27N3O. The molecule has 0 bridgehead atoms. The summed E-state index contributed by atoms with van der Waals surface area (Å²) in [6.45, 7) is 7.68. The number of fused-ring (bicyclic) bond motifs is 1. The summed E-state index contributed by atoms with van der Waals surface area (Å²) in [5, 5.41) is 2.95.